The van der Waals surface area contributed by atoms with Crippen molar-refractivity contribution in [2.75, 3.05) is 0 Å². The summed E-state index contributed by atoms with van der Waals surface area (Å²) in [5, 5.41) is 8.83. The van der Waals surface area contributed by atoms with Crippen LogP contribution in [0.4, 0.5) is 13.2 Å². The summed E-state index contributed by atoms with van der Waals surface area (Å²) in [4.78, 5) is 0. The van der Waals surface area contributed by atoms with Gasteiger partial charge >= 0.3 is 0 Å². The highest BCUT2D eigenvalue weighted by molar-refractivity contribution is 5.38. The van der Waals surface area contributed by atoms with E-state index in [1.54, 1.807) is 18.2 Å². The Labute approximate surface area is 94.9 Å². The van der Waals surface area contributed by atoms with Gasteiger partial charge in [0.25, 0.3) is 0 Å². The molecule has 2 nitrogen and oxygen atoms in total. The molecule has 0 radical (unpaired) electrons. The highest BCUT2D eigenvalue weighted by Crippen LogP contribution is 2.32. The van der Waals surface area contributed by atoms with Gasteiger partial charge in [-0.3, -0.25) is 0 Å². The van der Waals surface area contributed by atoms with Gasteiger partial charge in [0, 0.05) is 6.07 Å². The zero-order valence-electron chi connectivity index (χ0n) is 8.45. The fourth-order valence-corrected chi connectivity index (χ4v) is 1.25. The van der Waals surface area contributed by atoms with E-state index in [0.717, 1.165) is 0 Å². The predicted molar refractivity (Wildman–Crippen MR) is 54.5 cm³/mol. The van der Waals surface area contributed by atoms with Crippen molar-refractivity contribution >= 4 is 0 Å². The van der Waals surface area contributed by atoms with E-state index in [9.17, 15) is 13.2 Å². The summed E-state index contributed by atoms with van der Waals surface area (Å²) in [7, 11) is 0. The standard InChI is InChI=1S/C12H7F3O2/c13-8-6-9(10(14)11(15)12(8)16)17-7-4-2-1-3-5-7/h1-6,16H. The molecule has 0 bridgehead atoms. The summed E-state index contributed by atoms with van der Waals surface area (Å²) in [6.07, 6.45) is 0. The molecule has 0 fully saturated rings. The Hall–Kier alpha value is -2.17. The van der Waals surface area contributed by atoms with E-state index in [4.69, 9.17) is 9.84 Å². The molecule has 0 aromatic heterocycles. The molecule has 2 aromatic rings. The molecule has 0 aliphatic carbocycles. The van der Waals surface area contributed by atoms with Crippen LogP contribution in [0, 0.1) is 17.5 Å². The number of halogens is 3. The summed E-state index contributed by atoms with van der Waals surface area (Å²) in [5.41, 5.74) is 0. The first-order valence-electron chi connectivity index (χ1n) is 4.69. The summed E-state index contributed by atoms with van der Waals surface area (Å²) in [6.45, 7) is 0. The van der Waals surface area contributed by atoms with Gasteiger partial charge in [0.2, 0.25) is 11.6 Å². The van der Waals surface area contributed by atoms with Gasteiger partial charge in [0.1, 0.15) is 5.75 Å². The largest absolute Gasteiger partial charge is 0.503 e. The number of ether oxygens (including phenoxy) is 1. The van der Waals surface area contributed by atoms with Crippen molar-refractivity contribution < 1.29 is 23.0 Å². The summed E-state index contributed by atoms with van der Waals surface area (Å²) in [5.74, 6) is -6.14. The van der Waals surface area contributed by atoms with Crippen LogP contribution in [0.25, 0.3) is 0 Å². The van der Waals surface area contributed by atoms with Crippen LogP contribution in [-0.2, 0) is 0 Å². The molecule has 0 atom stereocenters. The normalized spacial score (nSPS) is 10.3. The Balaban J connectivity index is 2.41. The quantitative estimate of drug-likeness (QED) is 0.812. The fourth-order valence-electron chi connectivity index (χ4n) is 1.25. The van der Waals surface area contributed by atoms with Crippen molar-refractivity contribution in [3.05, 3.63) is 53.8 Å². The van der Waals surface area contributed by atoms with Gasteiger partial charge in [0.15, 0.2) is 17.3 Å². The minimum absolute atomic E-state index is 0.232. The minimum atomic E-state index is -1.67. The fraction of sp³-hybridized carbons (Fsp3) is 0. The van der Waals surface area contributed by atoms with Crippen LogP contribution in [0.2, 0.25) is 0 Å². The number of para-hydroxylation sites is 1. The maximum absolute atomic E-state index is 13.3. The third-order valence-corrected chi connectivity index (χ3v) is 2.07. The molecule has 0 aliphatic heterocycles. The molecule has 88 valence electrons. The Bertz CT molecular complexity index is 541. The number of benzene rings is 2. The molecule has 2 rings (SSSR count). The Morgan fingerprint density at radius 3 is 2.24 bits per heavy atom. The van der Waals surface area contributed by atoms with E-state index in [0.29, 0.717) is 6.07 Å². The Morgan fingerprint density at radius 1 is 0.941 bits per heavy atom. The third kappa shape index (κ3) is 2.18. The molecular formula is C12H7F3O2. The maximum atomic E-state index is 13.3. The number of hydrogen-bond acceptors (Lipinski definition) is 2. The second-order valence-corrected chi connectivity index (χ2v) is 3.25. The molecule has 0 amide bonds. The first kappa shape index (κ1) is 11.3. The SMILES string of the molecule is Oc1c(F)cc(Oc2ccccc2)c(F)c1F. The van der Waals surface area contributed by atoms with Crippen LogP contribution in [0.1, 0.15) is 0 Å². The molecule has 0 heterocycles. The molecule has 0 spiro atoms. The van der Waals surface area contributed by atoms with Gasteiger partial charge in [-0.25, -0.2) is 4.39 Å². The number of aromatic hydroxyl groups is 1. The molecule has 0 aliphatic rings. The van der Waals surface area contributed by atoms with Gasteiger partial charge in [-0.05, 0) is 12.1 Å². The molecule has 0 unspecified atom stereocenters. The van der Waals surface area contributed by atoms with Gasteiger partial charge in [-0.2, -0.15) is 8.78 Å². The number of phenolic OH excluding ortho intramolecular Hbond substituents is 1. The smallest absolute Gasteiger partial charge is 0.207 e. The Morgan fingerprint density at radius 2 is 1.59 bits per heavy atom. The molecule has 17 heavy (non-hydrogen) atoms. The van der Waals surface area contributed by atoms with Gasteiger partial charge in [-0.15, -0.1) is 0 Å². The lowest BCUT2D eigenvalue weighted by Gasteiger charge is -2.08. The third-order valence-electron chi connectivity index (χ3n) is 2.07. The molecule has 0 saturated heterocycles. The minimum Gasteiger partial charge on any atom is -0.503 e. The average Bonchev–Trinajstić information content (AvgIpc) is 2.35. The maximum Gasteiger partial charge on any atom is 0.207 e. The van der Waals surface area contributed by atoms with Crippen molar-refractivity contribution in [3.8, 4) is 17.2 Å². The lowest BCUT2D eigenvalue weighted by atomic mass is 10.2. The van der Waals surface area contributed by atoms with Crippen molar-refractivity contribution in [3.63, 3.8) is 0 Å². The second-order valence-electron chi connectivity index (χ2n) is 3.25. The van der Waals surface area contributed by atoms with Crippen molar-refractivity contribution in [1.29, 1.82) is 0 Å². The number of hydrogen-bond donors (Lipinski definition) is 1. The van der Waals surface area contributed by atoms with Gasteiger partial charge < -0.3 is 9.84 Å². The van der Waals surface area contributed by atoms with E-state index in [1.165, 1.54) is 12.1 Å². The number of rotatable bonds is 2. The zero-order valence-corrected chi connectivity index (χ0v) is 8.45. The topological polar surface area (TPSA) is 29.5 Å². The lowest BCUT2D eigenvalue weighted by Crippen LogP contribution is -1.95. The van der Waals surface area contributed by atoms with Crippen LogP contribution in [0.5, 0.6) is 17.2 Å². The monoisotopic (exact) mass is 240 g/mol. The lowest BCUT2D eigenvalue weighted by molar-refractivity contribution is 0.355. The van der Waals surface area contributed by atoms with Crippen LogP contribution >= 0.6 is 0 Å². The van der Waals surface area contributed by atoms with Crippen molar-refractivity contribution in [2.24, 2.45) is 0 Å². The van der Waals surface area contributed by atoms with Crippen LogP contribution in [-0.4, -0.2) is 5.11 Å². The number of phenols is 1. The van der Waals surface area contributed by atoms with Crippen LogP contribution < -0.4 is 4.74 Å². The summed E-state index contributed by atoms with van der Waals surface area (Å²) >= 11 is 0. The van der Waals surface area contributed by atoms with E-state index in [2.05, 4.69) is 0 Å². The van der Waals surface area contributed by atoms with Gasteiger partial charge in [-0.1, -0.05) is 18.2 Å². The van der Waals surface area contributed by atoms with E-state index >= 15 is 0 Å². The highest BCUT2D eigenvalue weighted by Gasteiger charge is 2.19. The average molecular weight is 240 g/mol. The van der Waals surface area contributed by atoms with Crippen LogP contribution in [0.3, 0.4) is 0 Å². The molecule has 0 saturated carbocycles. The highest BCUT2D eigenvalue weighted by atomic mass is 19.2. The molecule has 1 N–H and O–H groups in total. The first-order chi connectivity index (χ1) is 8.09. The van der Waals surface area contributed by atoms with Crippen LogP contribution in [0.15, 0.2) is 36.4 Å². The van der Waals surface area contributed by atoms with E-state index < -0.39 is 29.0 Å². The Kier molecular flexibility index (Phi) is 2.91. The molecule has 5 heteroatoms. The molecular weight excluding hydrogens is 233 g/mol. The first-order valence-corrected chi connectivity index (χ1v) is 4.69. The molecule has 2 aromatic carbocycles. The van der Waals surface area contributed by atoms with Crippen molar-refractivity contribution in [2.45, 2.75) is 0 Å². The van der Waals surface area contributed by atoms with Crippen molar-refractivity contribution in [1.82, 2.24) is 0 Å². The summed E-state index contributed by atoms with van der Waals surface area (Å²) < 4.78 is 44.3. The predicted octanol–water partition coefficient (Wildman–Crippen LogP) is 3.60. The summed E-state index contributed by atoms with van der Waals surface area (Å²) in [6, 6.07) is 8.55. The zero-order chi connectivity index (χ0) is 12.4. The second kappa shape index (κ2) is 4.37. The van der Waals surface area contributed by atoms with E-state index in [1.807, 2.05) is 0 Å². The van der Waals surface area contributed by atoms with Gasteiger partial charge in [0.05, 0.1) is 0 Å². The van der Waals surface area contributed by atoms with E-state index in [-0.39, 0.29) is 5.75 Å².